The molecule has 4 aromatic carbocycles. The third kappa shape index (κ3) is 6.10. The number of hydrogen-bond acceptors (Lipinski definition) is 5. The van der Waals surface area contributed by atoms with Crippen molar-refractivity contribution in [2.45, 2.75) is 6.61 Å². The van der Waals surface area contributed by atoms with E-state index in [-0.39, 0.29) is 12.2 Å². The number of carbonyl (C=O) groups is 2. The maximum absolute atomic E-state index is 13.0. The lowest BCUT2D eigenvalue weighted by atomic mass is 10.0. The van der Waals surface area contributed by atoms with Crippen molar-refractivity contribution < 1.29 is 19.1 Å². The van der Waals surface area contributed by atoms with E-state index in [9.17, 15) is 14.9 Å². The molecule has 0 saturated carbocycles. The number of nitriles is 1. The average Bonchev–Trinajstić information content (AvgIpc) is 2.91. The van der Waals surface area contributed by atoms with Crippen LogP contribution in [0.1, 0.15) is 21.5 Å². The van der Waals surface area contributed by atoms with Gasteiger partial charge in [-0.1, -0.05) is 59.6 Å². The Morgan fingerprint density at radius 1 is 1.00 bits per heavy atom. The van der Waals surface area contributed by atoms with E-state index >= 15 is 0 Å². The van der Waals surface area contributed by atoms with Gasteiger partial charge in [0.25, 0.3) is 5.91 Å². The minimum atomic E-state index is -0.604. The average molecular weight is 531 g/mol. The van der Waals surface area contributed by atoms with Crippen molar-refractivity contribution in [3.05, 3.63) is 111 Å². The number of carbonyl (C=O) groups excluding carboxylic acids is 2. The molecule has 0 saturated heterocycles. The second-order valence-corrected chi connectivity index (χ2v) is 8.76. The SMILES string of the molecule is COC(=O)c1ccc(NC(=O)/C(C#N)=C/c2c(OCc3ccc(Cl)cc3Cl)ccc3ccccc23)cc1. The van der Waals surface area contributed by atoms with Gasteiger partial charge in [0.2, 0.25) is 0 Å². The summed E-state index contributed by atoms with van der Waals surface area (Å²) in [5.41, 5.74) is 1.96. The normalized spacial score (nSPS) is 11.0. The van der Waals surface area contributed by atoms with Crippen LogP contribution >= 0.6 is 23.2 Å². The molecule has 4 aromatic rings. The van der Waals surface area contributed by atoms with Gasteiger partial charge in [-0.05, 0) is 59.3 Å². The zero-order valence-electron chi connectivity index (χ0n) is 19.6. The summed E-state index contributed by atoms with van der Waals surface area (Å²) < 4.78 is 10.8. The number of hydrogen-bond donors (Lipinski definition) is 1. The molecule has 0 aliphatic carbocycles. The molecule has 0 fully saturated rings. The van der Waals surface area contributed by atoms with Crippen LogP contribution in [-0.2, 0) is 16.1 Å². The Balaban J connectivity index is 1.65. The third-order valence-electron chi connectivity index (χ3n) is 5.55. The Morgan fingerprint density at radius 3 is 2.46 bits per heavy atom. The van der Waals surface area contributed by atoms with Crippen LogP contribution in [0.25, 0.3) is 16.8 Å². The van der Waals surface area contributed by atoms with Crippen molar-refractivity contribution >= 4 is 57.6 Å². The van der Waals surface area contributed by atoms with E-state index in [0.29, 0.717) is 32.6 Å². The van der Waals surface area contributed by atoms with Crippen molar-refractivity contribution in [3.63, 3.8) is 0 Å². The van der Waals surface area contributed by atoms with Crippen molar-refractivity contribution in [1.29, 1.82) is 5.26 Å². The number of rotatable bonds is 7. The van der Waals surface area contributed by atoms with Gasteiger partial charge in [-0.15, -0.1) is 0 Å². The van der Waals surface area contributed by atoms with Crippen molar-refractivity contribution in [2.75, 3.05) is 12.4 Å². The van der Waals surface area contributed by atoms with Crippen LogP contribution in [0.15, 0.2) is 84.4 Å². The first-order chi connectivity index (χ1) is 17.9. The highest BCUT2D eigenvalue weighted by Gasteiger charge is 2.15. The molecule has 0 aromatic heterocycles. The lowest BCUT2D eigenvalue weighted by Crippen LogP contribution is -2.13. The molecule has 0 radical (unpaired) electrons. The third-order valence-corrected chi connectivity index (χ3v) is 6.13. The van der Waals surface area contributed by atoms with Crippen LogP contribution in [0, 0.1) is 11.3 Å². The van der Waals surface area contributed by atoms with Gasteiger partial charge < -0.3 is 14.8 Å². The Kier molecular flexibility index (Phi) is 8.09. The van der Waals surface area contributed by atoms with Gasteiger partial charge in [0.1, 0.15) is 24.0 Å². The molecule has 8 heteroatoms. The minimum Gasteiger partial charge on any atom is -0.488 e. The largest absolute Gasteiger partial charge is 0.488 e. The minimum absolute atomic E-state index is 0.122. The molecule has 6 nitrogen and oxygen atoms in total. The topological polar surface area (TPSA) is 88.4 Å². The van der Waals surface area contributed by atoms with E-state index in [1.54, 1.807) is 36.4 Å². The number of amides is 1. The summed E-state index contributed by atoms with van der Waals surface area (Å²) in [5.74, 6) is -0.612. The van der Waals surface area contributed by atoms with Gasteiger partial charge in [0, 0.05) is 26.9 Å². The molecule has 0 aliphatic heterocycles. The fourth-order valence-corrected chi connectivity index (χ4v) is 4.11. The van der Waals surface area contributed by atoms with Gasteiger partial charge >= 0.3 is 5.97 Å². The van der Waals surface area contributed by atoms with Crippen LogP contribution in [-0.4, -0.2) is 19.0 Å². The number of fused-ring (bicyclic) bond motifs is 1. The highest BCUT2D eigenvalue weighted by Crippen LogP contribution is 2.32. The molecule has 0 spiro atoms. The predicted octanol–water partition coefficient (Wildman–Crippen LogP) is 7.06. The second-order valence-electron chi connectivity index (χ2n) is 7.92. The fraction of sp³-hybridized carbons (Fsp3) is 0.0690. The van der Waals surface area contributed by atoms with Crippen molar-refractivity contribution in [3.8, 4) is 11.8 Å². The zero-order chi connectivity index (χ0) is 26.4. The lowest BCUT2D eigenvalue weighted by Gasteiger charge is -2.14. The number of anilines is 1. The molecule has 0 unspecified atom stereocenters. The van der Waals surface area contributed by atoms with Gasteiger partial charge in [-0.25, -0.2) is 4.79 Å². The van der Waals surface area contributed by atoms with Crippen molar-refractivity contribution in [1.82, 2.24) is 0 Å². The standard InChI is InChI=1S/C29H20Cl2N2O4/c1-36-29(35)19-7-11-23(12-8-19)33-28(34)21(16-32)14-25-24-5-3-2-4-18(24)9-13-27(25)37-17-20-6-10-22(30)15-26(20)31/h2-15H,17H2,1H3,(H,33,34)/b21-14+. The van der Waals surface area contributed by atoms with Crippen LogP contribution in [0.2, 0.25) is 10.0 Å². The van der Waals surface area contributed by atoms with E-state index < -0.39 is 11.9 Å². The Hall–Kier alpha value is -4.31. The second kappa shape index (κ2) is 11.6. The quantitative estimate of drug-likeness (QED) is 0.157. The van der Waals surface area contributed by atoms with E-state index in [4.69, 9.17) is 27.9 Å². The molecule has 1 N–H and O–H groups in total. The van der Waals surface area contributed by atoms with Gasteiger partial charge in [0.05, 0.1) is 12.7 Å². The summed E-state index contributed by atoms with van der Waals surface area (Å²) in [6, 6.07) is 24.6. The molecular formula is C29H20Cl2N2O4. The molecule has 4 rings (SSSR count). The van der Waals surface area contributed by atoms with Gasteiger partial charge in [-0.2, -0.15) is 5.26 Å². The highest BCUT2D eigenvalue weighted by atomic mass is 35.5. The number of halogens is 2. The number of esters is 1. The Bertz CT molecular complexity index is 1560. The molecule has 0 bridgehead atoms. The molecule has 1 amide bonds. The van der Waals surface area contributed by atoms with Crippen molar-refractivity contribution in [2.24, 2.45) is 0 Å². The van der Waals surface area contributed by atoms with Crippen LogP contribution in [0.4, 0.5) is 5.69 Å². The summed E-state index contributed by atoms with van der Waals surface area (Å²) >= 11 is 12.3. The summed E-state index contributed by atoms with van der Waals surface area (Å²) in [7, 11) is 1.29. The summed E-state index contributed by atoms with van der Waals surface area (Å²) in [5, 5.41) is 15.2. The lowest BCUT2D eigenvalue weighted by molar-refractivity contribution is -0.112. The molecule has 0 atom stereocenters. The predicted molar refractivity (Wildman–Crippen MR) is 145 cm³/mol. The van der Waals surface area contributed by atoms with E-state index in [0.717, 1.165) is 16.3 Å². The maximum Gasteiger partial charge on any atom is 0.337 e. The molecular weight excluding hydrogens is 511 g/mol. The first-order valence-corrected chi connectivity index (χ1v) is 11.8. The number of ether oxygens (including phenoxy) is 2. The first-order valence-electron chi connectivity index (χ1n) is 11.1. The number of benzene rings is 4. The summed E-state index contributed by atoms with van der Waals surface area (Å²) in [6.07, 6.45) is 1.50. The molecule has 0 aliphatic rings. The zero-order valence-corrected chi connectivity index (χ0v) is 21.1. The molecule has 0 heterocycles. The number of nitrogens with one attached hydrogen (secondary N) is 1. The fourth-order valence-electron chi connectivity index (χ4n) is 3.64. The first kappa shape index (κ1) is 25.8. The van der Waals surface area contributed by atoms with Gasteiger partial charge in [0.15, 0.2) is 0 Å². The Morgan fingerprint density at radius 2 is 1.76 bits per heavy atom. The molecule has 184 valence electrons. The van der Waals surface area contributed by atoms with Crippen LogP contribution < -0.4 is 10.1 Å². The van der Waals surface area contributed by atoms with E-state index in [1.165, 1.54) is 25.3 Å². The smallest absolute Gasteiger partial charge is 0.337 e. The van der Waals surface area contributed by atoms with Gasteiger partial charge in [-0.3, -0.25) is 4.79 Å². The summed E-state index contributed by atoms with van der Waals surface area (Å²) in [4.78, 5) is 24.6. The monoisotopic (exact) mass is 530 g/mol. The summed E-state index contributed by atoms with van der Waals surface area (Å²) in [6.45, 7) is 0.163. The Labute approximate surface area is 223 Å². The van der Waals surface area contributed by atoms with E-state index in [2.05, 4.69) is 10.1 Å². The van der Waals surface area contributed by atoms with Crippen LogP contribution in [0.3, 0.4) is 0 Å². The number of methoxy groups -OCH3 is 1. The maximum atomic E-state index is 13.0. The van der Waals surface area contributed by atoms with Crippen LogP contribution in [0.5, 0.6) is 5.75 Å². The molecule has 37 heavy (non-hydrogen) atoms. The highest BCUT2D eigenvalue weighted by molar-refractivity contribution is 6.35. The number of nitrogens with zero attached hydrogens (tertiary/aromatic N) is 1. The van der Waals surface area contributed by atoms with E-state index in [1.807, 2.05) is 36.4 Å².